The number of carbonyl (C=O) groups excluding carboxylic acids is 2. The van der Waals surface area contributed by atoms with Crippen LogP contribution in [0.2, 0.25) is 0 Å². The van der Waals surface area contributed by atoms with Crippen molar-refractivity contribution in [1.82, 2.24) is 25.2 Å². The standard InChI is InChI=1S/C27H29F4N7O3/c1-26(2,41)23(28)14-34-24(39)19-13-33-21(22-8-7-18-9-15(11-32)12-35-38(18)22)10-20(19)36-16-3-5-17(6-4-16)37-25(40)27(29,30)31/h7-10,12-13,16-17,23,41H,3-6,14H2,1-2H3,(H,33,36)(H,34,39)(H,37,40)/t16?,17?,23-/m1/s1. The van der Waals surface area contributed by atoms with Gasteiger partial charge in [0.15, 0.2) is 0 Å². The first-order chi connectivity index (χ1) is 19.3. The van der Waals surface area contributed by atoms with Crippen LogP contribution < -0.4 is 16.0 Å². The van der Waals surface area contributed by atoms with Gasteiger partial charge in [-0.1, -0.05) is 0 Å². The van der Waals surface area contributed by atoms with E-state index in [1.165, 1.54) is 26.2 Å². The number of pyridine rings is 1. The average molecular weight is 576 g/mol. The summed E-state index contributed by atoms with van der Waals surface area (Å²) in [6.07, 6.45) is -2.54. The van der Waals surface area contributed by atoms with Crippen molar-refractivity contribution in [2.45, 2.75) is 69.6 Å². The van der Waals surface area contributed by atoms with E-state index in [2.05, 4.69) is 20.7 Å². The number of hydrogen-bond donors (Lipinski definition) is 4. The molecule has 10 nitrogen and oxygen atoms in total. The molecule has 1 aliphatic carbocycles. The molecule has 1 aliphatic rings. The molecule has 14 heteroatoms. The molecule has 4 N–H and O–H groups in total. The molecule has 3 aromatic heterocycles. The lowest BCUT2D eigenvalue weighted by atomic mass is 9.90. The summed E-state index contributed by atoms with van der Waals surface area (Å²) in [7, 11) is 0. The number of fused-ring (bicyclic) bond motifs is 1. The van der Waals surface area contributed by atoms with E-state index in [4.69, 9.17) is 5.26 Å². The average Bonchev–Trinajstić information content (AvgIpc) is 3.34. The van der Waals surface area contributed by atoms with Gasteiger partial charge in [0.1, 0.15) is 12.2 Å². The van der Waals surface area contributed by atoms with Crippen LogP contribution in [0.25, 0.3) is 16.9 Å². The summed E-state index contributed by atoms with van der Waals surface area (Å²) in [6.45, 7) is 2.13. The number of alkyl halides is 4. The van der Waals surface area contributed by atoms with E-state index in [-0.39, 0.29) is 11.6 Å². The van der Waals surface area contributed by atoms with Crippen LogP contribution in [0.3, 0.4) is 0 Å². The monoisotopic (exact) mass is 575 g/mol. The first kappa shape index (κ1) is 29.7. The van der Waals surface area contributed by atoms with E-state index in [1.54, 1.807) is 28.8 Å². The number of rotatable bonds is 8. The Labute approximate surface area is 232 Å². The third kappa shape index (κ3) is 7.10. The quantitative estimate of drug-likeness (QED) is 0.301. The van der Waals surface area contributed by atoms with Gasteiger partial charge >= 0.3 is 12.1 Å². The lowest BCUT2D eigenvalue weighted by Crippen LogP contribution is -2.45. The normalized spacial score (nSPS) is 18.4. The van der Waals surface area contributed by atoms with Crippen molar-refractivity contribution < 1.29 is 32.3 Å². The first-order valence-corrected chi connectivity index (χ1v) is 12.9. The summed E-state index contributed by atoms with van der Waals surface area (Å²) in [5, 5.41) is 31.0. The van der Waals surface area contributed by atoms with Crippen molar-refractivity contribution in [3.8, 4) is 17.5 Å². The van der Waals surface area contributed by atoms with Gasteiger partial charge < -0.3 is 21.1 Å². The third-order valence-electron chi connectivity index (χ3n) is 6.93. The number of anilines is 1. The molecular formula is C27H29F4N7O3. The summed E-state index contributed by atoms with van der Waals surface area (Å²) in [6, 6.07) is 7.95. The molecule has 3 heterocycles. The van der Waals surface area contributed by atoms with Gasteiger partial charge in [0.25, 0.3) is 5.91 Å². The van der Waals surface area contributed by atoms with Crippen molar-refractivity contribution in [3.63, 3.8) is 0 Å². The fourth-order valence-corrected chi connectivity index (χ4v) is 4.55. The van der Waals surface area contributed by atoms with Crippen LogP contribution in [0, 0.1) is 11.3 Å². The Kier molecular flexibility index (Phi) is 8.48. The molecule has 218 valence electrons. The van der Waals surface area contributed by atoms with Crippen molar-refractivity contribution in [3.05, 3.63) is 47.8 Å². The Morgan fingerprint density at radius 1 is 1.15 bits per heavy atom. The number of halogens is 4. The first-order valence-electron chi connectivity index (χ1n) is 12.9. The number of amides is 2. The van der Waals surface area contributed by atoms with Gasteiger partial charge in [-0.25, -0.2) is 8.91 Å². The van der Waals surface area contributed by atoms with E-state index < -0.39 is 42.3 Å². The molecule has 0 spiro atoms. The van der Waals surface area contributed by atoms with Gasteiger partial charge in [0.2, 0.25) is 0 Å². The Bertz CT molecular complexity index is 1470. The van der Waals surface area contributed by atoms with Gasteiger partial charge in [-0.2, -0.15) is 23.5 Å². The Morgan fingerprint density at radius 2 is 1.83 bits per heavy atom. The van der Waals surface area contributed by atoms with Gasteiger partial charge in [-0.05, 0) is 63.8 Å². The van der Waals surface area contributed by atoms with Crippen molar-refractivity contribution >= 4 is 23.0 Å². The lowest BCUT2D eigenvalue weighted by molar-refractivity contribution is -0.174. The number of nitrogens with zero attached hydrogens (tertiary/aromatic N) is 4. The predicted octanol–water partition coefficient (Wildman–Crippen LogP) is 3.51. The molecule has 4 rings (SSSR count). The number of aromatic nitrogens is 3. The summed E-state index contributed by atoms with van der Waals surface area (Å²) in [5.41, 5.74) is 0.838. The van der Waals surface area contributed by atoms with Crippen LogP contribution in [0.1, 0.15) is 55.5 Å². The molecule has 1 atom stereocenters. The molecule has 0 bridgehead atoms. The van der Waals surface area contributed by atoms with Gasteiger partial charge in [-0.15, -0.1) is 0 Å². The highest BCUT2D eigenvalue weighted by Gasteiger charge is 2.40. The second-order valence-corrected chi connectivity index (χ2v) is 10.5. The molecule has 3 aromatic rings. The number of hydrogen-bond acceptors (Lipinski definition) is 7. The van der Waals surface area contributed by atoms with Gasteiger partial charge in [-0.3, -0.25) is 14.6 Å². The topological polar surface area (TPSA) is 144 Å². The smallest absolute Gasteiger partial charge is 0.387 e. The van der Waals surface area contributed by atoms with Crippen molar-refractivity contribution in [2.75, 3.05) is 11.9 Å². The maximum Gasteiger partial charge on any atom is 0.471 e. The molecule has 2 amide bonds. The zero-order valence-corrected chi connectivity index (χ0v) is 22.3. The molecule has 1 saturated carbocycles. The lowest BCUT2D eigenvalue weighted by Gasteiger charge is -2.31. The molecule has 0 saturated heterocycles. The zero-order valence-electron chi connectivity index (χ0n) is 22.3. The highest BCUT2D eigenvalue weighted by atomic mass is 19.4. The van der Waals surface area contributed by atoms with Crippen LogP contribution in [0.5, 0.6) is 0 Å². The minimum Gasteiger partial charge on any atom is -0.387 e. The highest BCUT2D eigenvalue weighted by Crippen LogP contribution is 2.29. The van der Waals surface area contributed by atoms with E-state index in [9.17, 15) is 32.3 Å². The predicted molar refractivity (Wildman–Crippen MR) is 141 cm³/mol. The Morgan fingerprint density at radius 3 is 2.46 bits per heavy atom. The summed E-state index contributed by atoms with van der Waals surface area (Å²) >= 11 is 0. The summed E-state index contributed by atoms with van der Waals surface area (Å²) in [5.74, 6) is -2.61. The van der Waals surface area contributed by atoms with Gasteiger partial charge in [0.05, 0.1) is 52.1 Å². The van der Waals surface area contributed by atoms with Crippen LogP contribution in [-0.2, 0) is 4.79 Å². The fourth-order valence-electron chi connectivity index (χ4n) is 4.55. The second kappa shape index (κ2) is 11.7. The van der Waals surface area contributed by atoms with Crippen LogP contribution >= 0.6 is 0 Å². The minimum absolute atomic E-state index is 0.102. The third-order valence-corrected chi connectivity index (χ3v) is 6.93. The summed E-state index contributed by atoms with van der Waals surface area (Å²) in [4.78, 5) is 28.8. The van der Waals surface area contributed by atoms with Gasteiger partial charge in [0, 0.05) is 18.3 Å². The minimum atomic E-state index is -4.96. The number of nitriles is 1. The second-order valence-electron chi connectivity index (χ2n) is 10.5. The summed E-state index contributed by atoms with van der Waals surface area (Å²) < 4.78 is 53.8. The maximum absolute atomic E-state index is 14.3. The fraction of sp³-hybridized carbons (Fsp3) is 0.444. The van der Waals surface area contributed by atoms with E-state index >= 15 is 0 Å². The van der Waals surface area contributed by atoms with Crippen molar-refractivity contribution in [1.29, 1.82) is 5.26 Å². The van der Waals surface area contributed by atoms with Crippen molar-refractivity contribution in [2.24, 2.45) is 0 Å². The Balaban J connectivity index is 1.57. The van der Waals surface area contributed by atoms with Crippen LogP contribution in [0.15, 0.2) is 36.7 Å². The Hall–Kier alpha value is -4.25. The highest BCUT2D eigenvalue weighted by molar-refractivity contribution is 6.00. The molecule has 0 unspecified atom stereocenters. The van der Waals surface area contributed by atoms with E-state index in [0.29, 0.717) is 53.8 Å². The molecule has 0 aromatic carbocycles. The largest absolute Gasteiger partial charge is 0.471 e. The number of nitrogens with one attached hydrogen (secondary N) is 3. The number of aliphatic hydroxyl groups is 1. The maximum atomic E-state index is 14.3. The molecule has 1 fully saturated rings. The zero-order chi connectivity index (χ0) is 29.9. The molecule has 41 heavy (non-hydrogen) atoms. The number of carbonyl (C=O) groups is 2. The molecule has 0 aliphatic heterocycles. The molecular weight excluding hydrogens is 546 g/mol. The van der Waals surface area contributed by atoms with Crippen LogP contribution in [0.4, 0.5) is 23.2 Å². The SMILES string of the molecule is CC(C)(O)[C@H](F)CNC(=O)c1cnc(-c2ccc3cc(C#N)cnn23)cc1NC1CCC(NC(=O)C(F)(F)F)CC1. The van der Waals surface area contributed by atoms with Crippen LogP contribution in [-0.4, -0.2) is 68.1 Å². The van der Waals surface area contributed by atoms with E-state index in [1.807, 2.05) is 11.4 Å². The van der Waals surface area contributed by atoms with E-state index in [0.717, 1.165) is 0 Å². The molecule has 0 radical (unpaired) electrons.